The molecule has 1 rings (SSSR count). The minimum Gasteiger partial charge on any atom is -0.495 e. The van der Waals surface area contributed by atoms with Gasteiger partial charge in [0.15, 0.2) is 0 Å². The monoisotopic (exact) mass is 212 g/mol. The Morgan fingerprint density at radius 1 is 1.21 bits per heavy atom. The summed E-state index contributed by atoms with van der Waals surface area (Å²) < 4.78 is 10.8. The van der Waals surface area contributed by atoms with Crippen LogP contribution in [0.4, 0.5) is 0 Å². The molecule has 78 valence electrons. The van der Waals surface area contributed by atoms with Crippen LogP contribution in [0.2, 0.25) is 0 Å². The summed E-state index contributed by atoms with van der Waals surface area (Å²) in [4.78, 5) is 1.10. The maximum atomic E-state index is 5.53. The SMILES string of the molecule is CCOc1cccc(OC)c1SCC. The molecule has 0 aromatic heterocycles. The third kappa shape index (κ3) is 2.58. The number of thioether (sulfide) groups is 1. The number of hydrogen-bond acceptors (Lipinski definition) is 3. The summed E-state index contributed by atoms with van der Waals surface area (Å²) in [5, 5.41) is 0. The van der Waals surface area contributed by atoms with Gasteiger partial charge in [0.2, 0.25) is 0 Å². The predicted octanol–water partition coefficient (Wildman–Crippen LogP) is 3.21. The minimum atomic E-state index is 0.685. The average molecular weight is 212 g/mol. The third-order valence-electron chi connectivity index (χ3n) is 1.75. The summed E-state index contributed by atoms with van der Waals surface area (Å²) >= 11 is 1.74. The van der Waals surface area contributed by atoms with Crippen LogP contribution in [0.1, 0.15) is 13.8 Å². The highest BCUT2D eigenvalue weighted by molar-refractivity contribution is 7.99. The van der Waals surface area contributed by atoms with Crippen LogP contribution in [0.25, 0.3) is 0 Å². The molecule has 14 heavy (non-hydrogen) atoms. The molecule has 0 bridgehead atoms. The van der Waals surface area contributed by atoms with Gasteiger partial charge in [-0.15, -0.1) is 11.8 Å². The fourth-order valence-corrected chi connectivity index (χ4v) is 2.06. The van der Waals surface area contributed by atoms with Gasteiger partial charge in [-0.3, -0.25) is 0 Å². The molecule has 0 spiro atoms. The molecule has 0 heterocycles. The molecule has 0 aliphatic carbocycles. The van der Waals surface area contributed by atoms with Gasteiger partial charge in [-0.05, 0) is 24.8 Å². The maximum absolute atomic E-state index is 5.53. The summed E-state index contributed by atoms with van der Waals surface area (Å²) in [7, 11) is 1.69. The highest BCUT2D eigenvalue weighted by Gasteiger charge is 2.09. The van der Waals surface area contributed by atoms with Crippen LogP contribution in [-0.2, 0) is 0 Å². The molecule has 0 saturated carbocycles. The molecule has 2 nitrogen and oxygen atoms in total. The molecule has 0 radical (unpaired) electrons. The van der Waals surface area contributed by atoms with Crippen molar-refractivity contribution in [1.29, 1.82) is 0 Å². The van der Waals surface area contributed by atoms with Gasteiger partial charge >= 0.3 is 0 Å². The topological polar surface area (TPSA) is 18.5 Å². The van der Waals surface area contributed by atoms with Crippen LogP contribution >= 0.6 is 11.8 Å². The largest absolute Gasteiger partial charge is 0.495 e. The molecule has 1 aromatic carbocycles. The van der Waals surface area contributed by atoms with Crippen molar-refractivity contribution in [3.8, 4) is 11.5 Å². The van der Waals surface area contributed by atoms with Gasteiger partial charge in [-0.2, -0.15) is 0 Å². The number of methoxy groups -OCH3 is 1. The third-order valence-corrected chi connectivity index (χ3v) is 2.73. The van der Waals surface area contributed by atoms with Crippen LogP contribution in [0, 0.1) is 0 Å². The first-order valence-corrected chi connectivity index (χ1v) is 5.74. The predicted molar refractivity (Wildman–Crippen MR) is 60.6 cm³/mol. The molecule has 0 aliphatic heterocycles. The van der Waals surface area contributed by atoms with Gasteiger partial charge in [0.05, 0.1) is 18.6 Å². The van der Waals surface area contributed by atoms with Gasteiger partial charge in [-0.25, -0.2) is 0 Å². The van der Waals surface area contributed by atoms with E-state index in [0.29, 0.717) is 6.61 Å². The molecule has 0 atom stereocenters. The first kappa shape index (κ1) is 11.2. The molecule has 0 saturated heterocycles. The molecule has 1 aromatic rings. The first-order valence-electron chi connectivity index (χ1n) is 4.76. The van der Waals surface area contributed by atoms with Gasteiger partial charge in [-0.1, -0.05) is 13.0 Å². The first-order chi connectivity index (χ1) is 6.83. The zero-order valence-electron chi connectivity index (χ0n) is 8.87. The van der Waals surface area contributed by atoms with Crippen molar-refractivity contribution in [1.82, 2.24) is 0 Å². The van der Waals surface area contributed by atoms with E-state index < -0.39 is 0 Å². The van der Waals surface area contributed by atoms with Crippen molar-refractivity contribution in [3.63, 3.8) is 0 Å². The van der Waals surface area contributed by atoms with E-state index in [4.69, 9.17) is 9.47 Å². The molecule has 0 unspecified atom stereocenters. The summed E-state index contributed by atoms with van der Waals surface area (Å²) in [6.45, 7) is 4.79. The Morgan fingerprint density at radius 3 is 2.50 bits per heavy atom. The smallest absolute Gasteiger partial charge is 0.136 e. The van der Waals surface area contributed by atoms with Gasteiger partial charge < -0.3 is 9.47 Å². The normalized spacial score (nSPS) is 9.93. The van der Waals surface area contributed by atoms with Crippen LogP contribution in [0.5, 0.6) is 11.5 Å². The average Bonchev–Trinajstić information content (AvgIpc) is 2.21. The maximum Gasteiger partial charge on any atom is 0.136 e. The molecule has 0 fully saturated rings. The van der Waals surface area contributed by atoms with Crippen LogP contribution in [0.3, 0.4) is 0 Å². The van der Waals surface area contributed by atoms with E-state index in [2.05, 4.69) is 6.92 Å². The van der Waals surface area contributed by atoms with E-state index in [-0.39, 0.29) is 0 Å². The Bertz CT molecular complexity index is 287. The second-order valence-electron chi connectivity index (χ2n) is 2.65. The van der Waals surface area contributed by atoms with E-state index in [1.807, 2.05) is 25.1 Å². The van der Waals surface area contributed by atoms with Gasteiger partial charge in [0.1, 0.15) is 11.5 Å². The van der Waals surface area contributed by atoms with E-state index >= 15 is 0 Å². The van der Waals surface area contributed by atoms with Crippen LogP contribution in [0.15, 0.2) is 23.1 Å². The lowest BCUT2D eigenvalue weighted by Gasteiger charge is -2.12. The van der Waals surface area contributed by atoms with Crippen LogP contribution < -0.4 is 9.47 Å². The second kappa shape index (κ2) is 5.81. The highest BCUT2D eigenvalue weighted by Crippen LogP contribution is 2.37. The molecular formula is C11H16O2S. The molecule has 0 aliphatic rings. The fourth-order valence-electron chi connectivity index (χ4n) is 1.21. The Hall–Kier alpha value is -0.830. The lowest BCUT2D eigenvalue weighted by molar-refractivity contribution is 0.324. The number of rotatable bonds is 5. The van der Waals surface area contributed by atoms with Crippen molar-refractivity contribution in [2.75, 3.05) is 19.5 Å². The Kier molecular flexibility index (Phi) is 4.66. The van der Waals surface area contributed by atoms with Crippen molar-refractivity contribution < 1.29 is 9.47 Å². The molecule has 3 heteroatoms. The van der Waals surface area contributed by atoms with Crippen molar-refractivity contribution in [3.05, 3.63) is 18.2 Å². The van der Waals surface area contributed by atoms with Crippen LogP contribution in [-0.4, -0.2) is 19.5 Å². The van der Waals surface area contributed by atoms with Crippen molar-refractivity contribution in [2.24, 2.45) is 0 Å². The Labute approximate surface area is 89.6 Å². The fraction of sp³-hybridized carbons (Fsp3) is 0.455. The highest BCUT2D eigenvalue weighted by atomic mass is 32.2. The summed E-state index contributed by atoms with van der Waals surface area (Å²) in [5.74, 6) is 2.82. The minimum absolute atomic E-state index is 0.685. The van der Waals surface area contributed by atoms with E-state index in [0.717, 1.165) is 22.1 Å². The van der Waals surface area contributed by atoms with Gasteiger partial charge in [0.25, 0.3) is 0 Å². The molecular weight excluding hydrogens is 196 g/mol. The quantitative estimate of drug-likeness (QED) is 0.698. The lowest BCUT2D eigenvalue weighted by Crippen LogP contribution is -1.95. The zero-order valence-corrected chi connectivity index (χ0v) is 9.69. The summed E-state index contributed by atoms with van der Waals surface area (Å²) in [6.07, 6.45) is 0. The van der Waals surface area contributed by atoms with E-state index in [1.165, 1.54) is 0 Å². The number of ether oxygens (including phenoxy) is 2. The molecule has 0 N–H and O–H groups in total. The lowest BCUT2D eigenvalue weighted by atomic mass is 10.3. The standard InChI is InChI=1S/C11H16O2S/c1-4-13-10-8-6-7-9(12-3)11(10)14-5-2/h6-8H,4-5H2,1-3H3. The Balaban J connectivity index is 3.00. The zero-order chi connectivity index (χ0) is 10.4. The molecule has 0 amide bonds. The second-order valence-corrected chi connectivity index (χ2v) is 3.93. The number of hydrogen-bond donors (Lipinski definition) is 0. The van der Waals surface area contributed by atoms with E-state index in [1.54, 1.807) is 18.9 Å². The van der Waals surface area contributed by atoms with Crippen molar-refractivity contribution in [2.45, 2.75) is 18.7 Å². The summed E-state index contributed by atoms with van der Waals surface area (Å²) in [5.41, 5.74) is 0. The summed E-state index contributed by atoms with van der Waals surface area (Å²) in [6, 6.07) is 5.88. The number of benzene rings is 1. The van der Waals surface area contributed by atoms with E-state index in [9.17, 15) is 0 Å². The Morgan fingerprint density at radius 2 is 1.93 bits per heavy atom. The van der Waals surface area contributed by atoms with Gasteiger partial charge in [0, 0.05) is 0 Å². The van der Waals surface area contributed by atoms with Crippen molar-refractivity contribution >= 4 is 11.8 Å².